The maximum atomic E-state index is 12.3. The monoisotopic (exact) mass is 489 g/mol. The van der Waals surface area contributed by atoms with Crippen LogP contribution in [0.15, 0.2) is 33.1 Å². The number of carbonyl (C=O) groups excluding carboxylic acids is 1. The normalized spacial score (nSPS) is 13.5. The van der Waals surface area contributed by atoms with Crippen LogP contribution in [0.4, 0.5) is 10.5 Å². The summed E-state index contributed by atoms with van der Waals surface area (Å²) in [6, 6.07) is 9.46. The van der Waals surface area contributed by atoms with Gasteiger partial charge < -0.3 is 18.7 Å². The molecule has 0 spiro atoms. The molecule has 1 aliphatic carbocycles. The predicted octanol–water partition coefficient (Wildman–Crippen LogP) is 3.72. The fourth-order valence-corrected chi connectivity index (χ4v) is 3.88. The van der Waals surface area contributed by atoms with E-state index in [9.17, 15) is 20.0 Å². The van der Waals surface area contributed by atoms with E-state index >= 15 is 0 Å². The first-order valence-electron chi connectivity index (χ1n) is 10.3. The first-order valence-corrected chi connectivity index (χ1v) is 11.1. The number of carbonyl (C=O) groups is 2. The lowest BCUT2D eigenvalue weighted by Crippen LogP contribution is -2.19. The van der Waals surface area contributed by atoms with Gasteiger partial charge in [0.25, 0.3) is 5.89 Å². The van der Waals surface area contributed by atoms with Crippen molar-refractivity contribution in [2.24, 2.45) is 0 Å². The molecule has 35 heavy (non-hydrogen) atoms. The molecule has 0 saturated heterocycles. The number of oxazole rings is 2. The molecule has 5 rings (SSSR count). The zero-order valence-corrected chi connectivity index (χ0v) is 18.9. The number of hydrogen-bond acceptors (Lipinski definition) is 10. The largest absolute Gasteiger partial charge is 0.480 e. The molecule has 1 amide bonds. The van der Waals surface area contributed by atoms with E-state index in [2.05, 4.69) is 31.5 Å². The summed E-state index contributed by atoms with van der Waals surface area (Å²) in [5.41, 5.74) is 1.07. The predicted molar refractivity (Wildman–Crippen MR) is 120 cm³/mol. The number of benzene rings is 1. The molecular weight excluding hydrogens is 474 g/mol. The number of nitrogens with one attached hydrogen (secondary N) is 1. The van der Waals surface area contributed by atoms with Crippen molar-refractivity contribution >= 4 is 40.7 Å². The molecule has 1 aliphatic rings. The minimum absolute atomic E-state index is 0.0362. The Balaban J connectivity index is 1.32. The summed E-state index contributed by atoms with van der Waals surface area (Å²) < 4.78 is 20.2. The number of nitriles is 1. The van der Waals surface area contributed by atoms with Gasteiger partial charge in [0.05, 0.1) is 0 Å². The molecule has 1 saturated carbocycles. The van der Waals surface area contributed by atoms with Crippen LogP contribution in [0.2, 0.25) is 0 Å². The third kappa shape index (κ3) is 4.18. The second-order valence-electron chi connectivity index (χ2n) is 7.76. The summed E-state index contributed by atoms with van der Waals surface area (Å²) in [6.45, 7) is 1.97. The van der Waals surface area contributed by atoms with Gasteiger partial charge in [0.15, 0.2) is 5.69 Å². The highest BCUT2D eigenvalue weighted by Crippen LogP contribution is 2.48. The Morgan fingerprint density at radius 3 is 2.74 bits per heavy atom. The average molecular weight is 489 g/mol. The summed E-state index contributed by atoms with van der Waals surface area (Å²) in [7, 11) is 0. The van der Waals surface area contributed by atoms with Crippen molar-refractivity contribution in [1.82, 2.24) is 14.3 Å². The molecule has 1 fully saturated rings. The minimum atomic E-state index is -1.11. The van der Waals surface area contributed by atoms with Crippen LogP contribution in [0.3, 0.4) is 0 Å². The second kappa shape index (κ2) is 8.59. The fraction of sp³-hybridized carbons (Fsp3) is 0.217. The van der Waals surface area contributed by atoms with Crippen molar-refractivity contribution in [1.29, 1.82) is 5.26 Å². The number of hydrogen-bond donors (Lipinski definition) is 2. The van der Waals surface area contributed by atoms with Crippen molar-refractivity contribution in [2.45, 2.75) is 31.8 Å². The van der Waals surface area contributed by atoms with Gasteiger partial charge in [-0.25, -0.2) is 4.79 Å². The van der Waals surface area contributed by atoms with Crippen LogP contribution in [-0.2, 0) is 21.6 Å². The molecule has 1 aromatic carbocycles. The van der Waals surface area contributed by atoms with Crippen LogP contribution < -0.4 is 5.32 Å². The summed E-state index contributed by atoms with van der Waals surface area (Å²) in [6.07, 6.45) is 0.115. The molecule has 174 valence electrons. The lowest BCUT2D eigenvalue weighted by molar-refractivity contribution is -0.140. The Bertz CT molecular complexity index is 1550. The SMILES string of the molecule is Cc1ccccc1COC(=O)Nc1c(C#Cc2nc3nc(C4(C(=O)O)CC4)oc3o2)nsc1C#N. The fourth-order valence-electron chi connectivity index (χ4n) is 3.28. The first-order chi connectivity index (χ1) is 16.9. The first kappa shape index (κ1) is 22.1. The van der Waals surface area contributed by atoms with Gasteiger partial charge in [-0.15, -0.1) is 0 Å². The molecule has 0 bridgehead atoms. The maximum Gasteiger partial charge on any atom is 0.412 e. The summed E-state index contributed by atoms with van der Waals surface area (Å²) in [5, 5.41) is 21.2. The average Bonchev–Trinajstić information content (AvgIpc) is 3.23. The smallest absolute Gasteiger partial charge is 0.412 e. The van der Waals surface area contributed by atoms with Gasteiger partial charge in [-0.3, -0.25) is 10.1 Å². The quantitative estimate of drug-likeness (QED) is 0.395. The third-order valence-corrected chi connectivity index (χ3v) is 6.23. The minimum Gasteiger partial charge on any atom is -0.480 e. The van der Waals surface area contributed by atoms with E-state index in [4.69, 9.17) is 13.6 Å². The summed E-state index contributed by atoms with van der Waals surface area (Å²) in [4.78, 5) is 32.1. The topological polar surface area (TPSA) is 164 Å². The highest BCUT2D eigenvalue weighted by molar-refractivity contribution is 7.07. The molecule has 2 N–H and O–H groups in total. The summed E-state index contributed by atoms with van der Waals surface area (Å²) >= 11 is 0.870. The van der Waals surface area contributed by atoms with Crippen LogP contribution in [0.5, 0.6) is 0 Å². The lowest BCUT2D eigenvalue weighted by Gasteiger charge is -2.08. The molecule has 3 heterocycles. The number of anilines is 1. The lowest BCUT2D eigenvalue weighted by atomic mass is 10.1. The van der Waals surface area contributed by atoms with E-state index in [0.717, 1.165) is 22.7 Å². The van der Waals surface area contributed by atoms with E-state index in [-0.39, 0.29) is 46.1 Å². The molecule has 0 aliphatic heterocycles. The molecule has 0 atom stereocenters. The number of aromatic nitrogens is 3. The van der Waals surface area contributed by atoms with Crippen molar-refractivity contribution < 1.29 is 28.3 Å². The number of amides is 1. The van der Waals surface area contributed by atoms with Gasteiger partial charge in [-0.1, -0.05) is 24.3 Å². The zero-order valence-electron chi connectivity index (χ0n) is 18.1. The van der Waals surface area contributed by atoms with Gasteiger partial charge in [-0.05, 0) is 48.3 Å². The van der Waals surface area contributed by atoms with Gasteiger partial charge in [-0.2, -0.15) is 19.6 Å². The van der Waals surface area contributed by atoms with Crippen LogP contribution in [0, 0.1) is 30.1 Å². The van der Waals surface area contributed by atoms with E-state index in [1.807, 2.05) is 37.3 Å². The number of aryl methyl sites for hydroxylation is 1. The number of carboxylic acids is 1. The van der Waals surface area contributed by atoms with E-state index < -0.39 is 17.5 Å². The Kier molecular flexibility index (Phi) is 5.43. The van der Waals surface area contributed by atoms with Crippen LogP contribution in [0.1, 0.15) is 46.3 Å². The molecule has 12 heteroatoms. The third-order valence-electron chi connectivity index (χ3n) is 5.47. The Hall–Kier alpha value is -4.68. The molecule has 11 nitrogen and oxygen atoms in total. The van der Waals surface area contributed by atoms with Gasteiger partial charge >= 0.3 is 17.8 Å². The Labute approximate surface area is 201 Å². The van der Waals surface area contributed by atoms with Crippen molar-refractivity contribution in [3.8, 4) is 17.9 Å². The van der Waals surface area contributed by atoms with Gasteiger partial charge in [0.2, 0.25) is 11.5 Å². The van der Waals surface area contributed by atoms with Crippen LogP contribution >= 0.6 is 11.5 Å². The summed E-state index contributed by atoms with van der Waals surface area (Å²) in [5.74, 6) is 4.33. The standard InChI is InChI=1S/C23H15N5O6S/c1-12-4-2-3-5-13(12)11-32-22(31)26-17-14(28-35-15(17)10-24)6-7-16-25-18-19(33-16)34-20(27-18)23(8-9-23)21(29)30/h2-5H,8-9,11H2,1H3,(H,26,31)(H,29,30). The van der Waals surface area contributed by atoms with Gasteiger partial charge in [0.1, 0.15) is 28.7 Å². The van der Waals surface area contributed by atoms with Crippen LogP contribution in [-0.4, -0.2) is 31.5 Å². The molecule has 0 unspecified atom stereocenters. The van der Waals surface area contributed by atoms with Gasteiger partial charge in [0, 0.05) is 5.92 Å². The molecule has 0 radical (unpaired) electrons. The number of fused-ring (bicyclic) bond motifs is 1. The number of ether oxygens (including phenoxy) is 1. The van der Waals surface area contributed by atoms with Crippen molar-refractivity contribution in [2.75, 3.05) is 5.32 Å². The van der Waals surface area contributed by atoms with E-state index in [0.29, 0.717) is 12.8 Å². The number of rotatable bonds is 5. The Morgan fingerprint density at radius 2 is 2.06 bits per heavy atom. The highest BCUT2D eigenvalue weighted by Gasteiger charge is 2.56. The zero-order chi connectivity index (χ0) is 24.6. The second-order valence-corrected chi connectivity index (χ2v) is 8.53. The van der Waals surface area contributed by atoms with Crippen LogP contribution in [0.25, 0.3) is 11.4 Å². The van der Waals surface area contributed by atoms with E-state index in [1.54, 1.807) is 0 Å². The number of aliphatic carboxylic acids is 1. The van der Waals surface area contributed by atoms with E-state index in [1.165, 1.54) is 0 Å². The number of nitrogens with zero attached hydrogens (tertiary/aromatic N) is 4. The maximum absolute atomic E-state index is 12.3. The Morgan fingerprint density at radius 1 is 1.26 bits per heavy atom. The van der Waals surface area contributed by atoms with Crippen molar-refractivity contribution in [3.05, 3.63) is 57.7 Å². The van der Waals surface area contributed by atoms with Crippen molar-refractivity contribution in [3.63, 3.8) is 0 Å². The molecular formula is C23H15N5O6S. The molecule has 3 aromatic heterocycles. The number of carboxylic acid groups (broad SMARTS) is 1. The molecule has 4 aromatic rings. The highest BCUT2D eigenvalue weighted by atomic mass is 32.1.